The van der Waals surface area contributed by atoms with Crippen LogP contribution >= 0.6 is 0 Å². The fourth-order valence-corrected chi connectivity index (χ4v) is 2.43. The van der Waals surface area contributed by atoms with Gasteiger partial charge in [0, 0.05) is 0 Å². The molecule has 0 N–H and O–H groups in total. The molecular formula is C22H15F3O5. The summed E-state index contributed by atoms with van der Waals surface area (Å²) in [6.07, 6.45) is -4.47. The summed E-state index contributed by atoms with van der Waals surface area (Å²) in [4.78, 5) is 24.3. The quantitative estimate of drug-likeness (QED) is 0.425. The van der Waals surface area contributed by atoms with Crippen LogP contribution in [0.1, 0.15) is 26.3 Å². The summed E-state index contributed by atoms with van der Waals surface area (Å²) in [7, 11) is 1.51. The van der Waals surface area contributed by atoms with Crippen LogP contribution in [0.15, 0.2) is 72.8 Å². The van der Waals surface area contributed by atoms with Crippen molar-refractivity contribution in [2.45, 2.75) is 6.18 Å². The van der Waals surface area contributed by atoms with Crippen LogP contribution in [0.4, 0.5) is 13.2 Å². The number of rotatable bonds is 5. The predicted molar refractivity (Wildman–Crippen MR) is 101 cm³/mol. The second-order valence-electron chi connectivity index (χ2n) is 6.05. The van der Waals surface area contributed by atoms with Crippen LogP contribution in [0, 0.1) is 0 Å². The van der Waals surface area contributed by atoms with Crippen LogP contribution in [0.5, 0.6) is 17.2 Å². The third kappa shape index (κ3) is 5.16. The second-order valence-corrected chi connectivity index (χ2v) is 6.05. The topological polar surface area (TPSA) is 61.8 Å². The minimum absolute atomic E-state index is 0.0250. The SMILES string of the molecule is COc1ccc(C(=O)Oc2ccc(C(=O)Oc3ccc(C(F)(F)F)cc3)cc2)cc1. The molecule has 30 heavy (non-hydrogen) atoms. The second kappa shape index (κ2) is 8.69. The highest BCUT2D eigenvalue weighted by atomic mass is 19.4. The van der Waals surface area contributed by atoms with E-state index in [1.54, 1.807) is 24.3 Å². The summed E-state index contributed by atoms with van der Waals surface area (Å²) in [6, 6.07) is 15.7. The lowest BCUT2D eigenvalue weighted by atomic mass is 10.2. The van der Waals surface area contributed by atoms with E-state index in [-0.39, 0.29) is 17.1 Å². The summed E-state index contributed by atoms with van der Waals surface area (Å²) in [5.74, 6) is -0.562. The molecule has 0 radical (unpaired) electrons. The molecule has 8 heteroatoms. The van der Waals surface area contributed by atoms with Gasteiger partial charge >= 0.3 is 18.1 Å². The van der Waals surface area contributed by atoms with Gasteiger partial charge in [-0.15, -0.1) is 0 Å². The third-order valence-electron chi connectivity index (χ3n) is 4.02. The van der Waals surface area contributed by atoms with Crippen LogP contribution in [-0.4, -0.2) is 19.0 Å². The fraction of sp³-hybridized carbons (Fsp3) is 0.0909. The number of methoxy groups -OCH3 is 1. The normalized spacial score (nSPS) is 10.9. The minimum Gasteiger partial charge on any atom is -0.497 e. The zero-order valence-corrected chi connectivity index (χ0v) is 15.6. The number of ether oxygens (including phenoxy) is 3. The average Bonchev–Trinajstić information content (AvgIpc) is 2.74. The van der Waals surface area contributed by atoms with E-state index in [1.165, 1.54) is 31.4 Å². The molecule has 0 bridgehead atoms. The first kappa shape index (κ1) is 20.9. The molecule has 0 saturated carbocycles. The summed E-state index contributed by atoms with van der Waals surface area (Å²) in [5, 5.41) is 0. The highest BCUT2D eigenvalue weighted by Crippen LogP contribution is 2.30. The van der Waals surface area contributed by atoms with E-state index in [4.69, 9.17) is 14.2 Å². The number of carbonyl (C=O) groups is 2. The molecule has 154 valence electrons. The number of hydrogen-bond acceptors (Lipinski definition) is 5. The number of carbonyl (C=O) groups excluding carboxylic acids is 2. The molecule has 3 aromatic rings. The Hall–Kier alpha value is -3.81. The van der Waals surface area contributed by atoms with Crippen molar-refractivity contribution in [1.82, 2.24) is 0 Å². The number of alkyl halides is 3. The molecule has 3 aromatic carbocycles. The molecule has 5 nitrogen and oxygen atoms in total. The van der Waals surface area contributed by atoms with Crippen molar-refractivity contribution in [2.75, 3.05) is 7.11 Å². The van der Waals surface area contributed by atoms with Crippen molar-refractivity contribution in [2.24, 2.45) is 0 Å². The van der Waals surface area contributed by atoms with E-state index >= 15 is 0 Å². The Kier molecular flexibility index (Phi) is 6.06. The lowest BCUT2D eigenvalue weighted by Crippen LogP contribution is -2.10. The van der Waals surface area contributed by atoms with Crippen LogP contribution in [0.2, 0.25) is 0 Å². The van der Waals surface area contributed by atoms with E-state index in [0.29, 0.717) is 11.3 Å². The average molecular weight is 416 g/mol. The van der Waals surface area contributed by atoms with Gasteiger partial charge in [-0.05, 0) is 72.8 Å². The number of halogens is 3. The Morgan fingerprint density at radius 2 is 1.00 bits per heavy atom. The van der Waals surface area contributed by atoms with Crippen molar-refractivity contribution >= 4 is 11.9 Å². The first-order valence-corrected chi connectivity index (χ1v) is 8.62. The number of benzene rings is 3. The highest BCUT2D eigenvalue weighted by molar-refractivity contribution is 5.92. The molecule has 0 spiro atoms. The highest BCUT2D eigenvalue weighted by Gasteiger charge is 2.30. The third-order valence-corrected chi connectivity index (χ3v) is 4.02. The molecule has 0 aliphatic heterocycles. The van der Waals surface area contributed by atoms with Crippen molar-refractivity contribution < 1.29 is 37.0 Å². The maximum atomic E-state index is 12.6. The van der Waals surface area contributed by atoms with Crippen LogP contribution in [0.3, 0.4) is 0 Å². The van der Waals surface area contributed by atoms with E-state index < -0.39 is 23.7 Å². The molecule has 0 saturated heterocycles. The molecule has 0 atom stereocenters. The molecule has 0 aliphatic carbocycles. The van der Waals surface area contributed by atoms with Gasteiger partial charge in [0.05, 0.1) is 23.8 Å². The van der Waals surface area contributed by atoms with Gasteiger partial charge in [-0.3, -0.25) is 0 Å². The Morgan fingerprint density at radius 3 is 1.37 bits per heavy atom. The van der Waals surface area contributed by atoms with E-state index in [9.17, 15) is 22.8 Å². The molecule has 0 heterocycles. The molecule has 0 amide bonds. The molecule has 0 unspecified atom stereocenters. The van der Waals surface area contributed by atoms with Crippen molar-refractivity contribution in [3.8, 4) is 17.2 Å². The zero-order valence-electron chi connectivity index (χ0n) is 15.6. The number of esters is 2. The van der Waals surface area contributed by atoms with Gasteiger partial charge < -0.3 is 14.2 Å². The minimum atomic E-state index is -4.47. The van der Waals surface area contributed by atoms with Crippen LogP contribution in [0.25, 0.3) is 0 Å². The summed E-state index contributed by atoms with van der Waals surface area (Å²) in [5.41, 5.74) is -0.383. The Labute approximate surface area is 169 Å². The van der Waals surface area contributed by atoms with Gasteiger partial charge in [0.1, 0.15) is 17.2 Å². The summed E-state index contributed by atoms with van der Waals surface area (Å²) >= 11 is 0. The van der Waals surface area contributed by atoms with Gasteiger partial charge in [0.25, 0.3) is 0 Å². The largest absolute Gasteiger partial charge is 0.497 e. The van der Waals surface area contributed by atoms with Crippen molar-refractivity contribution in [3.63, 3.8) is 0 Å². The van der Waals surface area contributed by atoms with E-state index in [2.05, 4.69) is 0 Å². The van der Waals surface area contributed by atoms with Gasteiger partial charge in [0.2, 0.25) is 0 Å². The van der Waals surface area contributed by atoms with E-state index in [1.807, 2.05) is 0 Å². The maximum Gasteiger partial charge on any atom is 0.416 e. The smallest absolute Gasteiger partial charge is 0.416 e. The summed E-state index contributed by atoms with van der Waals surface area (Å²) < 4.78 is 53.0. The van der Waals surface area contributed by atoms with Crippen molar-refractivity contribution in [3.05, 3.63) is 89.5 Å². The van der Waals surface area contributed by atoms with Gasteiger partial charge in [-0.1, -0.05) is 0 Å². The van der Waals surface area contributed by atoms with Crippen molar-refractivity contribution in [1.29, 1.82) is 0 Å². The van der Waals surface area contributed by atoms with Gasteiger partial charge in [-0.2, -0.15) is 13.2 Å². The monoisotopic (exact) mass is 416 g/mol. The van der Waals surface area contributed by atoms with Gasteiger partial charge in [-0.25, -0.2) is 9.59 Å². The molecule has 0 fully saturated rings. The molecule has 3 rings (SSSR count). The standard InChI is InChI=1S/C22H15F3O5/c1-28-17-8-2-14(3-9-17)20(26)29-18-10-4-15(5-11-18)21(27)30-19-12-6-16(7-13-19)22(23,24)25/h2-13H,1H3. The predicted octanol–water partition coefficient (Wildman–Crippen LogP) is 5.15. The fourth-order valence-electron chi connectivity index (χ4n) is 2.43. The maximum absolute atomic E-state index is 12.6. The van der Waals surface area contributed by atoms with E-state index in [0.717, 1.165) is 24.3 Å². The Morgan fingerprint density at radius 1 is 0.633 bits per heavy atom. The van der Waals surface area contributed by atoms with Gasteiger partial charge in [0.15, 0.2) is 0 Å². The molecular weight excluding hydrogens is 401 g/mol. The zero-order chi connectivity index (χ0) is 21.7. The number of hydrogen-bond donors (Lipinski definition) is 0. The lowest BCUT2D eigenvalue weighted by Gasteiger charge is -2.09. The Balaban J connectivity index is 1.61. The first-order chi connectivity index (χ1) is 14.3. The van der Waals surface area contributed by atoms with Crippen LogP contribution < -0.4 is 14.2 Å². The Bertz CT molecular complexity index is 1020. The molecule has 0 aromatic heterocycles. The van der Waals surface area contributed by atoms with Crippen LogP contribution in [-0.2, 0) is 6.18 Å². The molecule has 0 aliphatic rings. The summed E-state index contributed by atoms with van der Waals surface area (Å²) in [6.45, 7) is 0. The first-order valence-electron chi connectivity index (χ1n) is 8.62. The lowest BCUT2D eigenvalue weighted by molar-refractivity contribution is -0.137.